The predicted octanol–water partition coefficient (Wildman–Crippen LogP) is 4.05. The van der Waals surface area contributed by atoms with E-state index in [9.17, 15) is 0 Å². The molecule has 2 aromatic rings. The minimum absolute atomic E-state index is 0.202. The fourth-order valence-corrected chi connectivity index (χ4v) is 1.91. The van der Waals surface area contributed by atoms with E-state index in [1.165, 1.54) is 0 Å². The Kier molecular flexibility index (Phi) is 4.04. The van der Waals surface area contributed by atoms with Crippen LogP contribution in [0.1, 0.15) is 31.2 Å². The van der Waals surface area contributed by atoms with Crippen LogP contribution < -0.4 is 10.5 Å². The Morgan fingerprint density at radius 2 is 2.00 bits per heavy atom. The third-order valence-corrected chi connectivity index (χ3v) is 3.18. The molecule has 1 aromatic carbocycles. The van der Waals surface area contributed by atoms with Crippen molar-refractivity contribution in [2.45, 2.75) is 26.7 Å². The van der Waals surface area contributed by atoms with Crippen LogP contribution in [0.2, 0.25) is 0 Å². The molecule has 4 nitrogen and oxygen atoms in total. The quantitative estimate of drug-likeness (QED) is 0.926. The normalized spacial score (nSPS) is 10.8. The molecule has 0 atom stereocenters. The highest BCUT2D eigenvalue weighted by molar-refractivity contribution is 9.10. The molecule has 0 fully saturated rings. The molecule has 5 heteroatoms. The summed E-state index contributed by atoms with van der Waals surface area (Å²) < 4.78 is 6.75. The van der Waals surface area contributed by atoms with Gasteiger partial charge in [-0.2, -0.15) is 4.98 Å². The lowest BCUT2D eigenvalue weighted by Crippen LogP contribution is -2.06. The summed E-state index contributed by atoms with van der Waals surface area (Å²) in [6, 6.07) is 7.60. The van der Waals surface area contributed by atoms with Gasteiger partial charge >= 0.3 is 0 Å². The summed E-state index contributed by atoms with van der Waals surface area (Å²) in [4.78, 5) is 8.70. The third-order valence-electron chi connectivity index (χ3n) is 2.68. The molecule has 0 saturated heterocycles. The van der Waals surface area contributed by atoms with E-state index in [0.717, 1.165) is 10.0 Å². The molecule has 19 heavy (non-hydrogen) atoms. The van der Waals surface area contributed by atoms with Crippen LogP contribution in [-0.2, 0) is 0 Å². The van der Waals surface area contributed by atoms with Crippen molar-refractivity contribution in [3.05, 3.63) is 40.1 Å². The van der Waals surface area contributed by atoms with Gasteiger partial charge in [0.25, 0.3) is 0 Å². The minimum atomic E-state index is 0.202. The lowest BCUT2D eigenvalue weighted by Gasteiger charge is -2.12. The van der Waals surface area contributed by atoms with E-state index in [2.05, 4.69) is 25.9 Å². The molecule has 0 unspecified atom stereocenters. The summed E-state index contributed by atoms with van der Waals surface area (Å²) in [5, 5.41) is 0. The zero-order valence-electron chi connectivity index (χ0n) is 11.1. The highest BCUT2D eigenvalue weighted by Gasteiger charge is 2.13. The van der Waals surface area contributed by atoms with Gasteiger partial charge in [-0.1, -0.05) is 35.8 Å². The monoisotopic (exact) mass is 321 g/mol. The molecule has 0 radical (unpaired) electrons. The topological polar surface area (TPSA) is 61.0 Å². The second-order valence-corrected chi connectivity index (χ2v) is 5.53. The molecule has 100 valence electrons. The second kappa shape index (κ2) is 5.57. The molecule has 0 aliphatic rings. The van der Waals surface area contributed by atoms with Crippen molar-refractivity contribution < 1.29 is 4.74 Å². The number of nitrogens with zero attached hydrogens (tertiary/aromatic N) is 2. The Morgan fingerprint density at radius 3 is 2.63 bits per heavy atom. The molecule has 0 bridgehead atoms. The van der Waals surface area contributed by atoms with Crippen LogP contribution >= 0.6 is 15.9 Å². The third kappa shape index (κ3) is 3.23. The molecular weight excluding hydrogens is 306 g/mol. The van der Waals surface area contributed by atoms with Gasteiger partial charge in [-0.15, -0.1) is 0 Å². The first-order valence-corrected chi connectivity index (χ1v) is 6.84. The Balaban J connectivity index is 2.39. The number of hydrogen-bond donors (Lipinski definition) is 1. The van der Waals surface area contributed by atoms with Crippen LogP contribution in [0.5, 0.6) is 11.6 Å². The van der Waals surface area contributed by atoms with Crippen LogP contribution in [0.15, 0.2) is 28.7 Å². The van der Waals surface area contributed by atoms with Gasteiger partial charge in [0, 0.05) is 10.4 Å². The van der Waals surface area contributed by atoms with Crippen molar-refractivity contribution in [2.75, 3.05) is 5.73 Å². The van der Waals surface area contributed by atoms with Crippen molar-refractivity contribution in [3.8, 4) is 11.6 Å². The first-order valence-electron chi connectivity index (χ1n) is 6.05. The number of hydrogen-bond acceptors (Lipinski definition) is 4. The summed E-state index contributed by atoms with van der Waals surface area (Å²) in [6.07, 6.45) is 0. The van der Waals surface area contributed by atoms with Crippen LogP contribution in [0, 0.1) is 6.92 Å². The number of benzene rings is 1. The Hall–Kier alpha value is -1.62. The molecule has 0 saturated carbocycles. The van der Waals surface area contributed by atoms with Gasteiger partial charge in [-0.05, 0) is 25.1 Å². The molecular formula is C14H16BrN3O. The van der Waals surface area contributed by atoms with Crippen molar-refractivity contribution >= 4 is 21.7 Å². The van der Waals surface area contributed by atoms with E-state index < -0.39 is 0 Å². The summed E-state index contributed by atoms with van der Waals surface area (Å²) in [5.41, 5.74) is 6.66. The maximum atomic E-state index is 5.90. The fourth-order valence-electron chi connectivity index (χ4n) is 1.53. The molecule has 0 amide bonds. The molecule has 0 aliphatic heterocycles. The SMILES string of the molecule is Cc1c(N)nc(C(C)C)nc1Oc1cccc(Br)c1. The van der Waals surface area contributed by atoms with Gasteiger partial charge in [-0.25, -0.2) is 4.98 Å². The highest BCUT2D eigenvalue weighted by atomic mass is 79.9. The molecule has 0 aliphatic carbocycles. The first-order chi connectivity index (χ1) is 8.97. The second-order valence-electron chi connectivity index (χ2n) is 4.61. The molecule has 2 rings (SSSR count). The average Bonchev–Trinajstić information content (AvgIpc) is 2.34. The Morgan fingerprint density at radius 1 is 1.26 bits per heavy atom. The van der Waals surface area contributed by atoms with Gasteiger partial charge in [0.05, 0.1) is 5.56 Å². The summed E-state index contributed by atoms with van der Waals surface area (Å²) >= 11 is 3.41. The largest absolute Gasteiger partial charge is 0.439 e. The summed E-state index contributed by atoms with van der Waals surface area (Å²) in [6.45, 7) is 5.90. The van der Waals surface area contributed by atoms with Gasteiger partial charge < -0.3 is 10.5 Å². The molecule has 1 aromatic heterocycles. The zero-order chi connectivity index (χ0) is 14.0. The summed E-state index contributed by atoms with van der Waals surface area (Å²) in [7, 11) is 0. The molecule has 1 heterocycles. The number of rotatable bonds is 3. The fraction of sp³-hybridized carbons (Fsp3) is 0.286. The van der Waals surface area contributed by atoms with E-state index in [0.29, 0.717) is 23.3 Å². The molecule has 0 spiro atoms. The van der Waals surface area contributed by atoms with Gasteiger partial charge in [0.2, 0.25) is 5.88 Å². The van der Waals surface area contributed by atoms with Crippen molar-refractivity contribution in [1.29, 1.82) is 0 Å². The maximum absolute atomic E-state index is 5.90. The van der Waals surface area contributed by atoms with Gasteiger partial charge in [-0.3, -0.25) is 0 Å². The van der Waals surface area contributed by atoms with E-state index in [-0.39, 0.29) is 5.92 Å². The number of aromatic nitrogens is 2. The Labute approximate surface area is 121 Å². The zero-order valence-corrected chi connectivity index (χ0v) is 12.7. The van der Waals surface area contributed by atoms with E-state index in [1.807, 2.05) is 45.0 Å². The van der Waals surface area contributed by atoms with Gasteiger partial charge in [0.15, 0.2) is 0 Å². The van der Waals surface area contributed by atoms with Crippen molar-refractivity contribution in [1.82, 2.24) is 9.97 Å². The predicted molar refractivity (Wildman–Crippen MR) is 79.5 cm³/mol. The van der Waals surface area contributed by atoms with Crippen molar-refractivity contribution in [3.63, 3.8) is 0 Å². The number of halogens is 1. The summed E-state index contributed by atoms with van der Waals surface area (Å²) in [5.74, 6) is 2.57. The smallest absolute Gasteiger partial charge is 0.227 e. The lowest BCUT2D eigenvalue weighted by atomic mass is 10.2. The van der Waals surface area contributed by atoms with Crippen LogP contribution in [0.25, 0.3) is 0 Å². The average molecular weight is 322 g/mol. The lowest BCUT2D eigenvalue weighted by molar-refractivity contribution is 0.453. The number of nitrogens with two attached hydrogens (primary N) is 1. The van der Waals surface area contributed by atoms with Crippen molar-refractivity contribution in [2.24, 2.45) is 0 Å². The maximum Gasteiger partial charge on any atom is 0.227 e. The van der Waals surface area contributed by atoms with Gasteiger partial charge in [0.1, 0.15) is 17.4 Å². The molecule has 2 N–H and O–H groups in total. The van der Waals surface area contributed by atoms with Crippen LogP contribution in [0.3, 0.4) is 0 Å². The van der Waals surface area contributed by atoms with E-state index in [1.54, 1.807) is 0 Å². The number of anilines is 1. The number of ether oxygens (including phenoxy) is 1. The van der Waals surface area contributed by atoms with E-state index >= 15 is 0 Å². The Bertz CT molecular complexity index is 599. The van der Waals surface area contributed by atoms with E-state index in [4.69, 9.17) is 10.5 Å². The standard InChI is InChI=1S/C14H16BrN3O/c1-8(2)13-17-12(16)9(3)14(18-13)19-11-6-4-5-10(15)7-11/h4-8H,1-3H3,(H2,16,17,18). The van der Waals surface area contributed by atoms with Crippen LogP contribution in [0.4, 0.5) is 5.82 Å². The first kappa shape index (κ1) is 13.8. The number of nitrogen functional groups attached to an aromatic ring is 1. The minimum Gasteiger partial charge on any atom is -0.439 e. The highest BCUT2D eigenvalue weighted by Crippen LogP contribution is 2.28. The van der Waals surface area contributed by atoms with Crippen LogP contribution in [-0.4, -0.2) is 9.97 Å².